The molecular formula is C19H21ClN2O3. The van der Waals surface area contributed by atoms with Gasteiger partial charge in [0.2, 0.25) is 0 Å². The Bertz CT molecular complexity index is 795. The van der Waals surface area contributed by atoms with E-state index in [2.05, 4.69) is 10.2 Å². The zero-order chi connectivity index (χ0) is 17.8. The van der Waals surface area contributed by atoms with Gasteiger partial charge in [-0.15, -0.1) is 0 Å². The van der Waals surface area contributed by atoms with E-state index >= 15 is 0 Å². The highest BCUT2D eigenvalue weighted by molar-refractivity contribution is 6.30. The Kier molecular flexibility index (Phi) is 5.56. The molecule has 1 aromatic carbocycles. The quantitative estimate of drug-likeness (QED) is 0.889. The van der Waals surface area contributed by atoms with Crippen LogP contribution in [0.1, 0.15) is 40.8 Å². The zero-order valence-electron chi connectivity index (χ0n) is 14.1. The lowest BCUT2D eigenvalue weighted by Crippen LogP contribution is -2.37. The molecule has 1 N–H and O–H groups in total. The van der Waals surface area contributed by atoms with Gasteiger partial charge in [0.1, 0.15) is 5.76 Å². The summed E-state index contributed by atoms with van der Waals surface area (Å²) >= 11 is 5.99. The van der Waals surface area contributed by atoms with Crippen LogP contribution in [0.4, 0.5) is 0 Å². The molecule has 5 nitrogen and oxygen atoms in total. The minimum atomic E-state index is -0.376. The van der Waals surface area contributed by atoms with Crippen LogP contribution in [-0.2, 0) is 0 Å². The van der Waals surface area contributed by atoms with Crippen LogP contribution in [0, 0.1) is 6.92 Å². The highest BCUT2D eigenvalue weighted by Crippen LogP contribution is 2.25. The first-order valence-electron chi connectivity index (χ1n) is 8.42. The molecule has 132 valence electrons. The summed E-state index contributed by atoms with van der Waals surface area (Å²) in [6.45, 7) is 4.10. The molecule has 2 heterocycles. The highest BCUT2D eigenvalue weighted by Gasteiger charge is 2.24. The first-order valence-corrected chi connectivity index (χ1v) is 8.80. The first-order chi connectivity index (χ1) is 12.0. The van der Waals surface area contributed by atoms with Crippen molar-refractivity contribution < 1.29 is 9.21 Å². The molecule has 1 aliphatic rings. The summed E-state index contributed by atoms with van der Waals surface area (Å²) in [5, 5.41) is 3.59. The number of benzene rings is 1. The second-order valence-corrected chi connectivity index (χ2v) is 6.72. The fourth-order valence-electron chi connectivity index (χ4n) is 3.19. The monoisotopic (exact) mass is 360 g/mol. The molecule has 1 amide bonds. The summed E-state index contributed by atoms with van der Waals surface area (Å²) in [4.78, 5) is 26.3. The summed E-state index contributed by atoms with van der Waals surface area (Å²) in [7, 11) is 0. The van der Waals surface area contributed by atoms with Crippen molar-refractivity contribution >= 4 is 17.5 Å². The molecule has 1 atom stereocenters. The number of hydrogen-bond acceptors (Lipinski definition) is 4. The van der Waals surface area contributed by atoms with Crippen LogP contribution in [0.2, 0.25) is 5.02 Å². The van der Waals surface area contributed by atoms with Crippen LogP contribution >= 0.6 is 11.6 Å². The van der Waals surface area contributed by atoms with Crippen molar-refractivity contribution in [3.05, 3.63) is 68.7 Å². The van der Waals surface area contributed by atoms with Crippen LogP contribution < -0.4 is 10.7 Å². The van der Waals surface area contributed by atoms with E-state index in [4.69, 9.17) is 16.0 Å². The predicted molar refractivity (Wildman–Crippen MR) is 97.0 cm³/mol. The average Bonchev–Trinajstić information content (AvgIpc) is 3.10. The van der Waals surface area contributed by atoms with Crippen molar-refractivity contribution in [3.63, 3.8) is 0 Å². The van der Waals surface area contributed by atoms with Gasteiger partial charge in [0.05, 0.1) is 6.04 Å². The molecule has 0 saturated carbocycles. The van der Waals surface area contributed by atoms with Crippen LogP contribution in [0.5, 0.6) is 0 Å². The van der Waals surface area contributed by atoms with Crippen molar-refractivity contribution in [1.82, 2.24) is 10.2 Å². The molecule has 1 aromatic heterocycles. The van der Waals surface area contributed by atoms with Crippen molar-refractivity contribution in [2.45, 2.75) is 25.8 Å². The smallest absolute Gasteiger partial charge is 0.287 e. The van der Waals surface area contributed by atoms with E-state index in [1.807, 2.05) is 24.3 Å². The first kappa shape index (κ1) is 17.7. The number of halogens is 1. The Balaban J connectivity index is 1.74. The Labute approximate surface area is 151 Å². The fraction of sp³-hybridized carbons (Fsp3) is 0.368. The van der Waals surface area contributed by atoms with Gasteiger partial charge in [-0.3, -0.25) is 14.5 Å². The summed E-state index contributed by atoms with van der Waals surface area (Å²) in [5.74, 6) is 0.0895. The molecule has 0 bridgehead atoms. The second-order valence-electron chi connectivity index (χ2n) is 6.29. The van der Waals surface area contributed by atoms with E-state index in [0.717, 1.165) is 31.5 Å². The Morgan fingerprint density at radius 2 is 1.92 bits per heavy atom. The van der Waals surface area contributed by atoms with Gasteiger partial charge in [0.25, 0.3) is 5.91 Å². The third-order valence-corrected chi connectivity index (χ3v) is 4.66. The maximum atomic E-state index is 12.4. The minimum Gasteiger partial charge on any atom is -0.456 e. The Hall–Kier alpha value is -2.11. The number of nitrogens with one attached hydrogen (secondary N) is 1. The molecule has 1 fully saturated rings. The van der Waals surface area contributed by atoms with Gasteiger partial charge in [0.15, 0.2) is 11.2 Å². The molecule has 0 unspecified atom stereocenters. The van der Waals surface area contributed by atoms with Crippen LogP contribution in [-0.4, -0.2) is 30.4 Å². The fourth-order valence-corrected chi connectivity index (χ4v) is 3.31. The summed E-state index contributed by atoms with van der Waals surface area (Å²) in [6, 6.07) is 10.4. The van der Waals surface area contributed by atoms with Crippen molar-refractivity contribution in [2.24, 2.45) is 0 Å². The van der Waals surface area contributed by atoms with Crippen molar-refractivity contribution in [2.75, 3.05) is 19.6 Å². The molecule has 6 heteroatoms. The number of aryl methyl sites for hydroxylation is 1. The lowest BCUT2D eigenvalue weighted by atomic mass is 10.1. The summed E-state index contributed by atoms with van der Waals surface area (Å²) in [5.41, 5.74) is 0.875. The molecule has 0 aliphatic carbocycles. The van der Waals surface area contributed by atoms with E-state index in [0.29, 0.717) is 17.3 Å². The van der Waals surface area contributed by atoms with Gasteiger partial charge in [-0.1, -0.05) is 23.7 Å². The molecular weight excluding hydrogens is 340 g/mol. The number of carbonyl (C=O) groups is 1. The van der Waals surface area contributed by atoms with Crippen LogP contribution in [0.25, 0.3) is 0 Å². The van der Waals surface area contributed by atoms with Gasteiger partial charge in [-0.25, -0.2) is 0 Å². The van der Waals surface area contributed by atoms with E-state index < -0.39 is 0 Å². The van der Waals surface area contributed by atoms with E-state index in [9.17, 15) is 9.59 Å². The molecule has 3 rings (SSSR count). The molecule has 0 spiro atoms. The molecule has 25 heavy (non-hydrogen) atoms. The van der Waals surface area contributed by atoms with Crippen molar-refractivity contribution in [1.29, 1.82) is 0 Å². The van der Waals surface area contributed by atoms with E-state index in [-0.39, 0.29) is 23.1 Å². The lowest BCUT2D eigenvalue weighted by Gasteiger charge is -2.28. The number of amides is 1. The number of nitrogens with zero attached hydrogens (tertiary/aromatic N) is 1. The van der Waals surface area contributed by atoms with Gasteiger partial charge in [-0.05, 0) is 50.6 Å². The van der Waals surface area contributed by atoms with Gasteiger partial charge in [-0.2, -0.15) is 0 Å². The topological polar surface area (TPSA) is 62.6 Å². The Morgan fingerprint density at radius 1 is 1.24 bits per heavy atom. The maximum Gasteiger partial charge on any atom is 0.287 e. The molecule has 1 aliphatic heterocycles. The molecule has 2 aromatic rings. The van der Waals surface area contributed by atoms with E-state index in [1.165, 1.54) is 12.1 Å². The van der Waals surface area contributed by atoms with Gasteiger partial charge in [0, 0.05) is 23.7 Å². The Morgan fingerprint density at radius 3 is 2.56 bits per heavy atom. The standard InChI is InChI=1S/C19H21ClN2O3/c1-13-10-16(23)11-18(25-13)19(24)21-12-17(22-8-2-3-9-22)14-4-6-15(20)7-5-14/h4-7,10-11,17H,2-3,8-9,12H2,1H3,(H,21,24)/t17-/m1/s1. The highest BCUT2D eigenvalue weighted by atomic mass is 35.5. The maximum absolute atomic E-state index is 12.4. The summed E-state index contributed by atoms with van der Waals surface area (Å²) in [6.07, 6.45) is 2.32. The average molecular weight is 361 g/mol. The normalized spacial score (nSPS) is 15.9. The minimum absolute atomic E-state index is 0.0429. The number of rotatable bonds is 5. The van der Waals surface area contributed by atoms with Crippen LogP contribution in [0.3, 0.4) is 0 Å². The van der Waals surface area contributed by atoms with Gasteiger partial charge >= 0.3 is 0 Å². The predicted octanol–water partition coefficient (Wildman–Crippen LogP) is 3.17. The third-order valence-electron chi connectivity index (χ3n) is 4.41. The van der Waals surface area contributed by atoms with Crippen LogP contribution in [0.15, 0.2) is 45.6 Å². The SMILES string of the molecule is Cc1cc(=O)cc(C(=O)NC[C@H](c2ccc(Cl)cc2)N2CCCC2)o1. The number of hydrogen-bond donors (Lipinski definition) is 1. The largest absolute Gasteiger partial charge is 0.456 e. The van der Waals surface area contributed by atoms with Crippen molar-refractivity contribution in [3.8, 4) is 0 Å². The molecule has 1 saturated heterocycles. The number of likely N-dealkylation sites (tertiary alicyclic amines) is 1. The lowest BCUT2D eigenvalue weighted by molar-refractivity contribution is 0.0906. The van der Waals surface area contributed by atoms with E-state index in [1.54, 1.807) is 6.92 Å². The number of carbonyl (C=O) groups excluding carboxylic acids is 1. The second kappa shape index (κ2) is 7.85. The molecule has 0 radical (unpaired) electrons. The third kappa shape index (κ3) is 4.50. The zero-order valence-corrected chi connectivity index (χ0v) is 14.9. The summed E-state index contributed by atoms with van der Waals surface area (Å²) < 4.78 is 5.36. The van der Waals surface area contributed by atoms with Gasteiger partial charge < -0.3 is 9.73 Å².